The molecule has 0 amide bonds. The lowest BCUT2D eigenvalue weighted by Gasteiger charge is -2.00. The molecule has 0 spiro atoms. The molecule has 0 saturated heterocycles. The smallest absolute Gasteiger partial charge is 0.369 e. The normalized spacial score (nSPS) is 10.0. The maximum absolute atomic E-state index is 5.15. The number of ether oxygens (including phenoxy) is 1. The first-order valence-corrected chi connectivity index (χ1v) is 9.28. The lowest BCUT2D eigenvalue weighted by molar-refractivity contribution is 0.415. The van der Waals surface area contributed by atoms with Crippen molar-refractivity contribution in [1.29, 1.82) is 0 Å². The van der Waals surface area contributed by atoms with Gasteiger partial charge in [-0.25, -0.2) is 4.98 Å². The van der Waals surface area contributed by atoms with E-state index in [4.69, 9.17) is 4.74 Å². The predicted molar refractivity (Wildman–Crippen MR) is 105 cm³/mol. The Balaban J connectivity index is 0.000000396. The molecule has 0 atom stereocenters. The van der Waals surface area contributed by atoms with Gasteiger partial charge in [-0.05, 0) is 42.8 Å². The monoisotopic (exact) mass is 486 g/mol. The van der Waals surface area contributed by atoms with Crippen LogP contribution < -0.4 is 4.74 Å². The molecule has 0 aliphatic carbocycles. The third kappa shape index (κ3) is 4.60. The van der Waals surface area contributed by atoms with Gasteiger partial charge in [-0.15, -0.1) is 47.3 Å². The average Bonchev–Trinajstić information content (AvgIpc) is 2.92. The Kier molecular flexibility index (Phi) is 6.53. The van der Waals surface area contributed by atoms with Crippen LogP contribution in [0.15, 0.2) is 42.5 Å². The third-order valence-corrected chi connectivity index (χ3v) is 3.08. The molecule has 1 N–H and O–H groups in total. The van der Waals surface area contributed by atoms with E-state index >= 15 is 0 Å². The summed E-state index contributed by atoms with van der Waals surface area (Å²) < 4.78 is 5.42. The van der Waals surface area contributed by atoms with E-state index in [0.717, 1.165) is 28.2 Å². The molecule has 0 saturated carbocycles. The van der Waals surface area contributed by atoms with Gasteiger partial charge >= 0.3 is 3.18 Å². The van der Waals surface area contributed by atoms with E-state index in [1.807, 2.05) is 36.4 Å². The molecule has 0 bridgehead atoms. The third-order valence-electron chi connectivity index (χ3n) is 3.08. The van der Waals surface area contributed by atoms with Crippen molar-refractivity contribution in [2.45, 2.75) is 6.92 Å². The topological polar surface area (TPSA) is 37.9 Å². The highest BCUT2D eigenvalue weighted by atomic mass is 79.9. The molecule has 7 heteroatoms. The first-order valence-electron chi connectivity index (χ1n) is 6.53. The van der Waals surface area contributed by atoms with Gasteiger partial charge in [-0.3, -0.25) is 0 Å². The Morgan fingerprint density at radius 1 is 1.05 bits per heavy atom. The number of halogens is 3. The maximum atomic E-state index is 5.15. The van der Waals surface area contributed by atoms with Gasteiger partial charge in [0.05, 0.1) is 18.1 Å². The Morgan fingerprint density at radius 3 is 2.23 bits per heavy atom. The number of nitrogens with zero attached hydrogens (tertiary/aromatic N) is 1. The largest absolute Gasteiger partial charge is 0.497 e. The molecule has 1 heterocycles. The number of aryl methyl sites for hydroxylation is 1. The molecular formula is C15H14BBr3N2O. The van der Waals surface area contributed by atoms with Gasteiger partial charge in [0, 0.05) is 5.56 Å². The number of methoxy groups -OCH3 is 1. The number of H-pyrrole nitrogens is 1. The zero-order chi connectivity index (χ0) is 16.1. The van der Waals surface area contributed by atoms with Crippen LogP contribution in [0.25, 0.3) is 22.4 Å². The van der Waals surface area contributed by atoms with Gasteiger partial charge in [0.25, 0.3) is 0 Å². The summed E-state index contributed by atoms with van der Waals surface area (Å²) in [7, 11) is 1.67. The van der Waals surface area contributed by atoms with Crippen molar-refractivity contribution in [3.63, 3.8) is 0 Å². The molecule has 3 aromatic rings. The molecule has 3 nitrogen and oxygen atoms in total. The summed E-state index contributed by atoms with van der Waals surface area (Å²) in [6.07, 6.45) is 0. The molecule has 3 rings (SSSR count). The molecule has 0 radical (unpaired) electrons. The Bertz CT molecular complexity index is 741. The number of aromatic nitrogens is 2. The van der Waals surface area contributed by atoms with Crippen LogP contribution in [0.1, 0.15) is 5.56 Å². The second kappa shape index (κ2) is 8.18. The molecule has 0 aliphatic rings. The number of imidazole rings is 1. The van der Waals surface area contributed by atoms with Gasteiger partial charge in [0.2, 0.25) is 0 Å². The number of nitrogens with one attached hydrogen (secondary N) is 1. The summed E-state index contributed by atoms with van der Waals surface area (Å²) in [5.41, 5.74) is 4.35. The standard InChI is InChI=1S/C15H14N2O.BBr3/c1-10-4-3-5-13-14(10)17-15(16-13)11-6-8-12(18-2)9-7-11;2-1(3)4/h3-9H,1-2H3,(H,16,17);. The van der Waals surface area contributed by atoms with E-state index in [1.165, 1.54) is 5.56 Å². The quantitative estimate of drug-likeness (QED) is 0.470. The lowest BCUT2D eigenvalue weighted by Crippen LogP contribution is -1.83. The SMILES string of the molecule is BrB(Br)Br.COc1ccc(-c2nc3c(C)cccc3[nH]2)cc1. The van der Waals surface area contributed by atoms with Crippen molar-refractivity contribution in [2.24, 2.45) is 0 Å². The van der Waals surface area contributed by atoms with Crippen molar-refractivity contribution < 1.29 is 4.74 Å². The highest BCUT2D eigenvalue weighted by molar-refractivity contribution is 9.69. The maximum Gasteiger partial charge on any atom is 0.369 e. The number of benzene rings is 2. The average molecular weight is 489 g/mol. The Morgan fingerprint density at radius 2 is 1.68 bits per heavy atom. The van der Waals surface area contributed by atoms with Crippen molar-refractivity contribution in [2.75, 3.05) is 7.11 Å². The number of aromatic amines is 1. The zero-order valence-electron chi connectivity index (χ0n) is 12.1. The molecule has 1 aromatic heterocycles. The van der Waals surface area contributed by atoms with Crippen LogP contribution in [-0.2, 0) is 0 Å². The number of hydrogen-bond acceptors (Lipinski definition) is 2. The van der Waals surface area contributed by atoms with Crippen LogP contribution >= 0.6 is 47.3 Å². The van der Waals surface area contributed by atoms with Crippen LogP contribution in [0.4, 0.5) is 0 Å². The van der Waals surface area contributed by atoms with Gasteiger partial charge in [-0.2, -0.15) is 0 Å². The van der Waals surface area contributed by atoms with Crippen LogP contribution in [0.5, 0.6) is 5.75 Å². The summed E-state index contributed by atoms with van der Waals surface area (Å²) in [5.74, 6) is 1.74. The fourth-order valence-electron chi connectivity index (χ4n) is 2.06. The minimum Gasteiger partial charge on any atom is -0.497 e. The van der Waals surface area contributed by atoms with E-state index < -0.39 is 0 Å². The minimum atomic E-state index is 0.271. The zero-order valence-corrected chi connectivity index (χ0v) is 16.9. The highest BCUT2D eigenvalue weighted by Crippen LogP contribution is 2.24. The molecule has 0 unspecified atom stereocenters. The second-order valence-corrected chi connectivity index (χ2v) is 11.0. The molecule has 0 fully saturated rings. The van der Waals surface area contributed by atoms with E-state index in [1.54, 1.807) is 7.11 Å². The lowest BCUT2D eigenvalue weighted by atomic mass is 10.2. The number of para-hydroxylation sites is 1. The fourth-order valence-corrected chi connectivity index (χ4v) is 2.06. The molecule has 114 valence electrons. The summed E-state index contributed by atoms with van der Waals surface area (Å²) in [6.45, 7) is 2.07. The number of fused-ring (bicyclic) bond motifs is 1. The highest BCUT2D eigenvalue weighted by Gasteiger charge is 2.06. The van der Waals surface area contributed by atoms with Crippen LogP contribution in [0.2, 0.25) is 0 Å². The van der Waals surface area contributed by atoms with Crippen molar-refractivity contribution in [3.8, 4) is 17.1 Å². The predicted octanol–water partition coefficient (Wildman–Crippen LogP) is 5.70. The van der Waals surface area contributed by atoms with Gasteiger partial charge in [0.1, 0.15) is 11.6 Å². The van der Waals surface area contributed by atoms with E-state index in [-0.39, 0.29) is 3.18 Å². The van der Waals surface area contributed by atoms with Crippen molar-refractivity contribution in [3.05, 3.63) is 48.0 Å². The summed E-state index contributed by atoms with van der Waals surface area (Å²) in [4.78, 5) is 7.98. The molecular weight excluding hydrogens is 475 g/mol. The first kappa shape index (κ1) is 17.6. The van der Waals surface area contributed by atoms with E-state index in [0.29, 0.717) is 0 Å². The molecule has 22 heavy (non-hydrogen) atoms. The summed E-state index contributed by atoms with van der Waals surface area (Å²) in [5, 5.41) is 0. The van der Waals surface area contributed by atoms with Crippen molar-refractivity contribution >= 4 is 61.5 Å². The summed E-state index contributed by atoms with van der Waals surface area (Å²) in [6, 6.07) is 14.0. The van der Waals surface area contributed by atoms with Crippen molar-refractivity contribution in [1.82, 2.24) is 9.97 Å². The Hall–Kier alpha value is -0.785. The van der Waals surface area contributed by atoms with Gasteiger partial charge < -0.3 is 9.72 Å². The minimum absolute atomic E-state index is 0.271. The van der Waals surface area contributed by atoms with Crippen LogP contribution in [-0.4, -0.2) is 20.3 Å². The van der Waals surface area contributed by atoms with Crippen LogP contribution in [0, 0.1) is 6.92 Å². The van der Waals surface area contributed by atoms with Crippen LogP contribution in [0.3, 0.4) is 0 Å². The summed E-state index contributed by atoms with van der Waals surface area (Å²) >= 11 is 9.31. The molecule has 2 aromatic carbocycles. The fraction of sp³-hybridized carbons (Fsp3) is 0.133. The number of rotatable bonds is 2. The number of hydrogen-bond donors (Lipinski definition) is 1. The second-order valence-electron chi connectivity index (χ2n) is 4.53. The first-order chi connectivity index (χ1) is 10.5. The van der Waals surface area contributed by atoms with Gasteiger partial charge in [-0.1, -0.05) is 12.1 Å². The van der Waals surface area contributed by atoms with E-state index in [9.17, 15) is 0 Å². The van der Waals surface area contributed by atoms with E-state index in [2.05, 4.69) is 70.2 Å². The molecule has 0 aliphatic heterocycles. The van der Waals surface area contributed by atoms with Gasteiger partial charge in [0.15, 0.2) is 0 Å². The Labute approximate surface area is 154 Å².